The summed E-state index contributed by atoms with van der Waals surface area (Å²) in [6.45, 7) is 4.40. The standard InChI is InChI=1S/C8H17N2/c1-3-8(9-2)7-4-5-10-6-7/h7-9H,3-6H2,1-2H3/q-1. The first-order chi connectivity index (χ1) is 4.88. The van der Waals surface area contributed by atoms with Gasteiger partial charge in [0, 0.05) is 6.04 Å². The van der Waals surface area contributed by atoms with Crippen molar-refractivity contribution in [2.75, 3.05) is 20.1 Å². The molecule has 0 bridgehead atoms. The van der Waals surface area contributed by atoms with Gasteiger partial charge in [-0.2, -0.15) is 0 Å². The van der Waals surface area contributed by atoms with Crippen LogP contribution in [0.15, 0.2) is 0 Å². The van der Waals surface area contributed by atoms with Gasteiger partial charge >= 0.3 is 0 Å². The van der Waals surface area contributed by atoms with Gasteiger partial charge < -0.3 is 10.6 Å². The predicted molar refractivity (Wildman–Crippen MR) is 44.3 cm³/mol. The molecule has 0 aliphatic carbocycles. The van der Waals surface area contributed by atoms with Gasteiger partial charge in [0.1, 0.15) is 0 Å². The molecule has 2 heteroatoms. The molecule has 0 aromatic carbocycles. The second-order valence-electron chi connectivity index (χ2n) is 2.98. The van der Waals surface area contributed by atoms with Crippen molar-refractivity contribution < 1.29 is 0 Å². The Morgan fingerprint density at radius 1 is 1.70 bits per heavy atom. The molecule has 0 saturated carbocycles. The molecule has 0 amide bonds. The first-order valence-corrected chi connectivity index (χ1v) is 4.19. The molecule has 1 aliphatic heterocycles. The van der Waals surface area contributed by atoms with E-state index < -0.39 is 0 Å². The van der Waals surface area contributed by atoms with E-state index in [1.54, 1.807) is 0 Å². The summed E-state index contributed by atoms with van der Waals surface area (Å²) in [6, 6.07) is 0.700. The third kappa shape index (κ3) is 1.70. The molecule has 0 spiro atoms. The molecule has 2 atom stereocenters. The van der Waals surface area contributed by atoms with Crippen LogP contribution in [0.5, 0.6) is 0 Å². The number of rotatable bonds is 3. The summed E-state index contributed by atoms with van der Waals surface area (Å²) in [7, 11) is 2.05. The highest BCUT2D eigenvalue weighted by molar-refractivity contribution is 4.96. The minimum atomic E-state index is 0.700. The van der Waals surface area contributed by atoms with Crippen molar-refractivity contribution in [1.82, 2.24) is 5.32 Å². The Morgan fingerprint density at radius 3 is 2.90 bits per heavy atom. The highest BCUT2D eigenvalue weighted by Gasteiger charge is 2.15. The topological polar surface area (TPSA) is 26.1 Å². The number of nitrogens with one attached hydrogen (secondary N) is 1. The van der Waals surface area contributed by atoms with Crippen LogP contribution in [0.4, 0.5) is 0 Å². The van der Waals surface area contributed by atoms with Gasteiger partial charge in [-0.25, -0.2) is 0 Å². The van der Waals surface area contributed by atoms with E-state index in [4.69, 9.17) is 0 Å². The lowest BCUT2D eigenvalue weighted by molar-refractivity contribution is 0.394. The Labute approximate surface area is 63.4 Å². The average Bonchev–Trinajstić information content (AvgIpc) is 2.43. The smallest absolute Gasteiger partial charge is 0.00726 e. The average molecular weight is 141 g/mol. The molecule has 2 nitrogen and oxygen atoms in total. The van der Waals surface area contributed by atoms with Crippen molar-refractivity contribution in [1.29, 1.82) is 0 Å². The van der Waals surface area contributed by atoms with E-state index in [2.05, 4.69) is 17.6 Å². The first-order valence-electron chi connectivity index (χ1n) is 4.19. The lowest BCUT2D eigenvalue weighted by atomic mass is 9.97. The zero-order chi connectivity index (χ0) is 7.40. The maximum atomic E-state index is 4.34. The fourth-order valence-electron chi connectivity index (χ4n) is 1.71. The SMILES string of the molecule is CCC(NC)C1CC[N-]C1. The summed E-state index contributed by atoms with van der Waals surface area (Å²) < 4.78 is 0. The summed E-state index contributed by atoms with van der Waals surface area (Å²) in [6.07, 6.45) is 2.52. The highest BCUT2D eigenvalue weighted by Crippen LogP contribution is 2.21. The minimum absolute atomic E-state index is 0.700. The van der Waals surface area contributed by atoms with Gasteiger partial charge in [0.05, 0.1) is 0 Å². The summed E-state index contributed by atoms with van der Waals surface area (Å²) >= 11 is 0. The monoisotopic (exact) mass is 141 g/mol. The van der Waals surface area contributed by atoms with Gasteiger partial charge in [-0.15, -0.1) is 13.1 Å². The molecule has 1 saturated heterocycles. The van der Waals surface area contributed by atoms with Crippen molar-refractivity contribution in [3.05, 3.63) is 5.32 Å². The van der Waals surface area contributed by atoms with Crippen molar-refractivity contribution in [2.45, 2.75) is 25.8 Å². The van der Waals surface area contributed by atoms with Gasteiger partial charge in [0.2, 0.25) is 0 Å². The molecule has 60 valence electrons. The lowest BCUT2D eigenvalue weighted by Crippen LogP contribution is -2.32. The molecule has 0 radical (unpaired) electrons. The molecule has 1 rings (SSSR count). The van der Waals surface area contributed by atoms with E-state index >= 15 is 0 Å². The number of hydrogen-bond acceptors (Lipinski definition) is 1. The molecule has 2 unspecified atom stereocenters. The van der Waals surface area contributed by atoms with Crippen LogP contribution in [-0.2, 0) is 0 Å². The van der Waals surface area contributed by atoms with Gasteiger partial charge in [-0.1, -0.05) is 13.3 Å². The second kappa shape index (κ2) is 3.94. The quantitative estimate of drug-likeness (QED) is 0.631. The third-order valence-electron chi connectivity index (χ3n) is 2.40. The van der Waals surface area contributed by atoms with E-state index in [0.717, 1.165) is 19.0 Å². The molecule has 1 heterocycles. The molecule has 0 aromatic heterocycles. The van der Waals surface area contributed by atoms with Gasteiger partial charge in [0.25, 0.3) is 0 Å². The fourth-order valence-corrected chi connectivity index (χ4v) is 1.71. The van der Waals surface area contributed by atoms with Crippen LogP contribution in [0.25, 0.3) is 5.32 Å². The van der Waals surface area contributed by atoms with Gasteiger partial charge in [-0.3, -0.25) is 0 Å². The zero-order valence-corrected chi connectivity index (χ0v) is 6.93. The van der Waals surface area contributed by atoms with Crippen LogP contribution >= 0.6 is 0 Å². The van der Waals surface area contributed by atoms with E-state index in [0.29, 0.717) is 6.04 Å². The highest BCUT2D eigenvalue weighted by atomic mass is 14.9. The Bertz CT molecular complexity index is 83.3. The van der Waals surface area contributed by atoms with E-state index in [-0.39, 0.29) is 0 Å². The van der Waals surface area contributed by atoms with Crippen molar-refractivity contribution in [2.24, 2.45) is 5.92 Å². The van der Waals surface area contributed by atoms with Crippen LogP contribution < -0.4 is 5.32 Å². The third-order valence-corrected chi connectivity index (χ3v) is 2.40. The van der Waals surface area contributed by atoms with E-state index in [1.807, 2.05) is 7.05 Å². The van der Waals surface area contributed by atoms with Crippen LogP contribution in [-0.4, -0.2) is 26.2 Å². The Morgan fingerprint density at radius 2 is 2.50 bits per heavy atom. The summed E-state index contributed by atoms with van der Waals surface area (Å²) in [4.78, 5) is 0. The predicted octanol–water partition coefficient (Wildman–Crippen LogP) is 1.38. The molecule has 1 aliphatic rings. The molecule has 1 N–H and O–H groups in total. The van der Waals surface area contributed by atoms with Crippen molar-refractivity contribution in [3.8, 4) is 0 Å². The Balaban J connectivity index is 2.29. The maximum Gasteiger partial charge on any atom is 0.00726 e. The van der Waals surface area contributed by atoms with E-state index in [1.165, 1.54) is 12.8 Å². The largest absolute Gasteiger partial charge is 0.662 e. The Hall–Kier alpha value is -0.0800. The zero-order valence-electron chi connectivity index (χ0n) is 6.93. The van der Waals surface area contributed by atoms with Crippen LogP contribution in [0, 0.1) is 5.92 Å². The normalized spacial score (nSPS) is 28.8. The fraction of sp³-hybridized carbons (Fsp3) is 1.00. The second-order valence-corrected chi connectivity index (χ2v) is 2.98. The van der Waals surface area contributed by atoms with Crippen molar-refractivity contribution in [3.63, 3.8) is 0 Å². The summed E-state index contributed by atoms with van der Waals surface area (Å²) in [5.74, 6) is 0.815. The molecule has 10 heavy (non-hydrogen) atoms. The number of hydrogen-bond donors (Lipinski definition) is 1. The van der Waals surface area contributed by atoms with Crippen molar-refractivity contribution >= 4 is 0 Å². The van der Waals surface area contributed by atoms with Crippen LogP contribution in [0.1, 0.15) is 19.8 Å². The lowest BCUT2D eigenvalue weighted by Gasteiger charge is -2.23. The van der Waals surface area contributed by atoms with Crippen LogP contribution in [0.2, 0.25) is 0 Å². The van der Waals surface area contributed by atoms with E-state index in [9.17, 15) is 0 Å². The molecular formula is C8H17N2-. The number of nitrogens with zero attached hydrogens (tertiary/aromatic N) is 1. The van der Waals surface area contributed by atoms with Gasteiger partial charge in [-0.05, 0) is 19.4 Å². The van der Waals surface area contributed by atoms with Gasteiger partial charge in [0.15, 0.2) is 0 Å². The molecule has 1 fully saturated rings. The summed E-state index contributed by atoms with van der Waals surface area (Å²) in [5, 5.41) is 7.68. The maximum absolute atomic E-state index is 4.34. The molecular weight excluding hydrogens is 124 g/mol. The summed E-state index contributed by atoms with van der Waals surface area (Å²) in [5.41, 5.74) is 0. The van der Waals surface area contributed by atoms with Crippen LogP contribution in [0.3, 0.4) is 0 Å². The first kappa shape index (κ1) is 8.02. The Kier molecular flexibility index (Phi) is 3.16. The minimum Gasteiger partial charge on any atom is -0.662 e. The molecule has 0 aromatic rings.